The first-order valence-corrected chi connectivity index (χ1v) is 16.3. The Labute approximate surface area is 242 Å². The summed E-state index contributed by atoms with van der Waals surface area (Å²) < 4.78 is 0. The molecule has 0 amide bonds. The third-order valence-electron chi connectivity index (χ3n) is 13.2. The van der Waals surface area contributed by atoms with Crippen LogP contribution in [-0.2, 0) is 10.8 Å². The van der Waals surface area contributed by atoms with Gasteiger partial charge in [-0.1, -0.05) is 74.9 Å². The summed E-state index contributed by atoms with van der Waals surface area (Å²) in [7, 11) is 0. The second kappa shape index (κ2) is 8.95. The van der Waals surface area contributed by atoms with Crippen molar-refractivity contribution in [2.45, 2.75) is 75.0 Å². The predicted molar refractivity (Wildman–Crippen MR) is 171 cm³/mol. The standard InChI is InChI=1S/C40H46/c1-5-25-9-26(6-2)18-35(17-25)39-21-29-11-30(22-39)14-33(13-29)37(39)38-34-15-31-12-32(16-34)24-40(38,23-31)36-19-27(7-3)10-28(8-4)20-36/h5-10,17-20,29-34,37-38H,1-4,11-16,21-24H2. The Kier molecular flexibility index (Phi) is 5.62. The van der Waals surface area contributed by atoms with Gasteiger partial charge in [-0.3, -0.25) is 0 Å². The van der Waals surface area contributed by atoms with Crippen molar-refractivity contribution in [3.8, 4) is 0 Å². The van der Waals surface area contributed by atoms with Crippen LogP contribution in [0.15, 0.2) is 62.7 Å². The van der Waals surface area contributed by atoms with Gasteiger partial charge < -0.3 is 0 Å². The highest BCUT2D eigenvalue weighted by Gasteiger charge is 2.67. The Hall–Kier alpha value is -2.60. The van der Waals surface area contributed by atoms with E-state index in [1.807, 2.05) is 0 Å². The minimum Gasteiger partial charge on any atom is -0.0985 e. The zero-order valence-electron chi connectivity index (χ0n) is 24.3. The average molecular weight is 527 g/mol. The van der Waals surface area contributed by atoms with E-state index in [-0.39, 0.29) is 0 Å². The smallest absolute Gasteiger partial charge is 0.000735 e. The number of hydrogen-bond donors (Lipinski definition) is 0. The van der Waals surface area contributed by atoms with Gasteiger partial charge in [0, 0.05) is 0 Å². The fourth-order valence-corrected chi connectivity index (χ4v) is 12.7. The van der Waals surface area contributed by atoms with Crippen LogP contribution < -0.4 is 0 Å². The summed E-state index contributed by atoms with van der Waals surface area (Å²) in [5, 5.41) is 0. The molecule has 0 radical (unpaired) electrons. The van der Waals surface area contributed by atoms with Crippen molar-refractivity contribution in [3.63, 3.8) is 0 Å². The highest BCUT2D eigenvalue weighted by Crippen LogP contribution is 2.73. The van der Waals surface area contributed by atoms with Crippen LogP contribution in [0.2, 0.25) is 0 Å². The Morgan fingerprint density at radius 3 is 1.02 bits per heavy atom. The van der Waals surface area contributed by atoms with Gasteiger partial charge in [0.25, 0.3) is 0 Å². The molecule has 0 nitrogen and oxygen atoms in total. The van der Waals surface area contributed by atoms with Gasteiger partial charge in [0.05, 0.1) is 0 Å². The Bertz CT molecular complexity index is 1220. The average Bonchev–Trinajstić information content (AvgIpc) is 2.96. The van der Waals surface area contributed by atoms with Crippen LogP contribution in [0.1, 0.15) is 97.6 Å². The maximum Gasteiger partial charge on any atom is -0.000735 e. The van der Waals surface area contributed by atoms with Crippen molar-refractivity contribution in [2.75, 3.05) is 0 Å². The first kappa shape index (κ1) is 25.1. The summed E-state index contributed by atoms with van der Waals surface area (Å²) in [4.78, 5) is 0. The van der Waals surface area contributed by atoms with Crippen molar-refractivity contribution in [1.82, 2.24) is 0 Å². The molecule has 8 bridgehead atoms. The fraction of sp³-hybridized carbons (Fsp3) is 0.500. The van der Waals surface area contributed by atoms with E-state index < -0.39 is 0 Å². The van der Waals surface area contributed by atoms with Gasteiger partial charge in [0.1, 0.15) is 0 Å². The molecule has 206 valence electrons. The normalized spacial score (nSPS) is 42.1. The lowest BCUT2D eigenvalue weighted by molar-refractivity contribution is -0.163. The zero-order chi connectivity index (χ0) is 27.2. The van der Waals surface area contributed by atoms with Crippen LogP contribution in [0, 0.1) is 47.3 Å². The lowest BCUT2D eigenvalue weighted by atomic mass is 9.33. The molecule has 8 fully saturated rings. The largest absolute Gasteiger partial charge is 0.0985 e. The fourth-order valence-electron chi connectivity index (χ4n) is 12.7. The van der Waals surface area contributed by atoms with Crippen LogP contribution in [0.3, 0.4) is 0 Å². The lowest BCUT2D eigenvalue weighted by Crippen LogP contribution is -2.65. The molecule has 8 aliphatic rings. The Morgan fingerprint density at radius 1 is 0.450 bits per heavy atom. The van der Waals surface area contributed by atoms with E-state index in [1.165, 1.54) is 86.5 Å². The highest BCUT2D eigenvalue weighted by atomic mass is 14.7. The van der Waals surface area contributed by atoms with Crippen LogP contribution in [0.4, 0.5) is 0 Å². The van der Waals surface area contributed by atoms with Crippen molar-refractivity contribution < 1.29 is 0 Å². The van der Waals surface area contributed by atoms with Gasteiger partial charge in [-0.15, -0.1) is 0 Å². The number of rotatable bonds is 7. The number of fused-ring (bicyclic) bond motifs is 1. The van der Waals surface area contributed by atoms with Crippen LogP contribution >= 0.6 is 0 Å². The second-order valence-electron chi connectivity index (χ2n) is 15.2. The topological polar surface area (TPSA) is 0 Å². The molecule has 0 N–H and O–H groups in total. The second-order valence-corrected chi connectivity index (χ2v) is 15.2. The Balaban J connectivity index is 1.34. The van der Waals surface area contributed by atoms with E-state index in [1.54, 1.807) is 11.1 Å². The third kappa shape index (κ3) is 3.50. The highest BCUT2D eigenvalue weighted by molar-refractivity contribution is 5.60. The number of hydrogen-bond acceptors (Lipinski definition) is 0. The number of benzene rings is 2. The predicted octanol–water partition coefficient (Wildman–Crippen LogP) is 10.3. The van der Waals surface area contributed by atoms with Gasteiger partial charge in [-0.25, -0.2) is 0 Å². The van der Waals surface area contributed by atoms with Crippen molar-refractivity contribution >= 4 is 24.3 Å². The molecule has 0 aliphatic heterocycles. The summed E-state index contributed by atoms with van der Waals surface area (Å²) in [5.74, 6) is 6.98. The van der Waals surface area contributed by atoms with E-state index in [4.69, 9.17) is 0 Å². The quantitative estimate of drug-likeness (QED) is 0.337. The van der Waals surface area contributed by atoms with Crippen LogP contribution in [0.25, 0.3) is 24.3 Å². The van der Waals surface area contributed by atoms with Gasteiger partial charge in [-0.05, 0) is 168 Å². The SMILES string of the molecule is C=Cc1cc(C=C)cc(C23CC4CC(CC(C4)C2C2C4CC5CC(C4)CC2(c2cc(C=C)cc(C=C)c2)C5)C3)c1. The first-order chi connectivity index (χ1) is 19.5. The molecule has 8 aliphatic carbocycles. The van der Waals surface area contributed by atoms with Crippen molar-refractivity contribution in [2.24, 2.45) is 47.3 Å². The van der Waals surface area contributed by atoms with Crippen molar-refractivity contribution in [3.05, 3.63) is 96.1 Å². The minimum atomic E-state index is 0.301. The van der Waals surface area contributed by atoms with Crippen LogP contribution in [-0.4, -0.2) is 0 Å². The van der Waals surface area contributed by atoms with E-state index in [0.717, 1.165) is 47.3 Å². The molecule has 6 atom stereocenters. The van der Waals surface area contributed by atoms with Gasteiger partial charge >= 0.3 is 0 Å². The maximum absolute atomic E-state index is 4.20. The lowest BCUT2D eigenvalue weighted by Gasteiger charge is -2.71. The van der Waals surface area contributed by atoms with E-state index >= 15 is 0 Å². The van der Waals surface area contributed by atoms with Crippen molar-refractivity contribution in [1.29, 1.82) is 0 Å². The summed E-state index contributed by atoms with van der Waals surface area (Å²) in [6, 6.07) is 14.7. The summed E-state index contributed by atoms with van der Waals surface area (Å²) in [6.07, 6.45) is 22.7. The molecule has 0 heterocycles. The van der Waals surface area contributed by atoms with E-state index in [0.29, 0.717) is 10.8 Å². The van der Waals surface area contributed by atoms with Gasteiger partial charge in [0.15, 0.2) is 0 Å². The molecule has 0 heteroatoms. The molecule has 10 rings (SSSR count). The maximum atomic E-state index is 4.20. The molecule has 2 aromatic carbocycles. The van der Waals surface area contributed by atoms with E-state index in [9.17, 15) is 0 Å². The zero-order valence-corrected chi connectivity index (χ0v) is 24.3. The summed E-state index contributed by atoms with van der Waals surface area (Å²) in [5.41, 5.74) is 8.95. The molecule has 40 heavy (non-hydrogen) atoms. The molecule has 6 unspecified atom stereocenters. The van der Waals surface area contributed by atoms with Gasteiger partial charge in [0.2, 0.25) is 0 Å². The molecular weight excluding hydrogens is 480 g/mol. The van der Waals surface area contributed by atoms with E-state index in [2.05, 4.69) is 87.0 Å². The molecule has 2 aromatic rings. The van der Waals surface area contributed by atoms with Gasteiger partial charge in [-0.2, -0.15) is 0 Å². The summed E-state index contributed by atoms with van der Waals surface area (Å²) in [6.45, 7) is 16.8. The molecule has 8 saturated carbocycles. The molecular formula is C40H46. The first-order valence-electron chi connectivity index (χ1n) is 16.3. The van der Waals surface area contributed by atoms with Crippen LogP contribution in [0.5, 0.6) is 0 Å². The molecule has 0 spiro atoms. The Morgan fingerprint density at radius 2 is 0.750 bits per heavy atom. The molecule has 0 saturated heterocycles. The monoisotopic (exact) mass is 526 g/mol. The minimum absolute atomic E-state index is 0.301. The third-order valence-corrected chi connectivity index (χ3v) is 13.2. The summed E-state index contributed by atoms with van der Waals surface area (Å²) >= 11 is 0. The molecule has 0 aromatic heterocycles.